The molecule has 0 fully saturated rings. The molecule has 1 heterocycles. The fraction of sp³-hybridized carbons (Fsp3) is 0.160. The van der Waals surface area contributed by atoms with E-state index in [1.165, 1.54) is 11.1 Å². The molecule has 0 aliphatic rings. The van der Waals surface area contributed by atoms with Crippen LogP contribution in [0.4, 0.5) is 0 Å². The Balaban J connectivity index is 1.69. The molecule has 0 atom stereocenters. The normalized spacial score (nSPS) is 11.2. The summed E-state index contributed by atoms with van der Waals surface area (Å²) in [6.07, 6.45) is 0. The summed E-state index contributed by atoms with van der Waals surface area (Å²) in [7, 11) is 0. The first kappa shape index (κ1) is 18.2. The van der Waals surface area contributed by atoms with Crippen LogP contribution < -0.4 is 5.63 Å². The third-order valence-corrected chi connectivity index (χ3v) is 4.88. The fourth-order valence-corrected chi connectivity index (χ4v) is 3.56. The van der Waals surface area contributed by atoms with Gasteiger partial charge in [0, 0.05) is 31.1 Å². The Kier molecular flexibility index (Phi) is 5.36. The highest BCUT2D eigenvalue weighted by Crippen LogP contribution is 2.22. The Bertz CT molecular complexity index is 1080. The first-order valence-corrected chi connectivity index (χ1v) is 9.51. The monoisotopic (exact) mass is 369 g/mol. The third-order valence-electron chi connectivity index (χ3n) is 4.88. The van der Waals surface area contributed by atoms with Crippen molar-refractivity contribution >= 4 is 11.0 Å². The van der Waals surface area contributed by atoms with Crippen LogP contribution in [-0.2, 0) is 19.6 Å². The number of nitrogens with zero attached hydrogens (tertiary/aromatic N) is 1. The molecule has 3 aromatic carbocycles. The topological polar surface area (TPSA) is 33.5 Å². The van der Waals surface area contributed by atoms with Crippen LogP contribution in [0.3, 0.4) is 0 Å². The molecular weight excluding hydrogens is 346 g/mol. The van der Waals surface area contributed by atoms with E-state index >= 15 is 0 Å². The van der Waals surface area contributed by atoms with Crippen LogP contribution in [0.25, 0.3) is 11.0 Å². The maximum atomic E-state index is 12.1. The van der Waals surface area contributed by atoms with Crippen LogP contribution in [-0.4, -0.2) is 4.90 Å². The van der Waals surface area contributed by atoms with Crippen molar-refractivity contribution < 1.29 is 4.42 Å². The summed E-state index contributed by atoms with van der Waals surface area (Å²) in [5, 5.41) is 0.997. The summed E-state index contributed by atoms with van der Waals surface area (Å²) in [6, 6.07) is 28.5. The van der Waals surface area contributed by atoms with Crippen LogP contribution in [0.2, 0.25) is 0 Å². The zero-order chi connectivity index (χ0) is 19.3. The minimum atomic E-state index is -0.299. The fourth-order valence-electron chi connectivity index (χ4n) is 3.56. The molecule has 0 spiro atoms. The molecule has 140 valence electrons. The predicted molar refractivity (Wildman–Crippen MR) is 113 cm³/mol. The Labute approximate surface area is 164 Å². The first-order valence-electron chi connectivity index (χ1n) is 9.51. The van der Waals surface area contributed by atoms with Crippen LogP contribution in [0.5, 0.6) is 0 Å². The molecule has 3 nitrogen and oxygen atoms in total. The summed E-state index contributed by atoms with van der Waals surface area (Å²) in [5.41, 5.74) is 4.94. The summed E-state index contributed by atoms with van der Waals surface area (Å²) in [4.78, 5) is 14.5. The van der Waals surface area contributed by atoms with Gasteiger partial charge >= 0.3 is 5.63 Å². The highest BCUT2D eigenvalue weighted by molar-refractivity contribution is 5.80. The first-order chi connectivity index (χ1) is 13.7. The summed E-state index contributed by atoms with van der Waals surface area (Å²) in [6.45, 7) is 4.30. The van der Waals surface area contributed by atoms with E-state index in [1.54, 1.807) is 6.07 Å². The molecule has 0 radical (unpaired) electrons. The lowest BCUT2D eigenvalue weighted by Crippen LogP contribution is -2.23. The van der Waals surface area contributed by atoms with Gasteiger partial charge in [0.1, 0.15) is 5.58 Å². The van der Waals surface area contributed by atoms with Gasteiger partial charge in [-0.15, -0.1) is 0 Å². The lowest BCUT2D eigenvalue weighted by Gasteiger charge is -2.23. The van der Waals surface area contributed by atoms with Gasteiger partial charge in [0.05, 0.1) is 0 Å². The van der Waals surface area contributed by atoms with Gasteiger partial charge in [0.25, 0.3) is 0 Å². The average Bonchev–Trinajstić information content (AvgIpc) is 2.69. The molecule has 0 saturated carbocycles. The molecule has 28 heavy (non-hydrogen) atoms. The Hall–Kier alpha value is -3.17. The molecule has 0 saturated heterocycles. The highest BCUT2D eigenvalue weighted by Gasteiger charge is 2.12. The quantitative estimate of drug-likeness (QED) is 0.432. The van der Waals surface area contributed by atoms with Gasteiger partial charge in [-0.2, -0.15) is 0 Å². The molecule has 0 amide bonds. The van der Waals surface area contributed by atoms with E-state index in [4.69, 9.17) is 4.42 Å². The molecule has 4 aromatic rings. The number of fused-ring (bicyclic) bond motifs is 1. The Morgan fingerprint density at radius 3 is 1.96 bits per heavy atom. The molecule has 3 heteroatoms. The molecule has 4 rings (SSSR count). The number of aryl methyl sites for hydroxylation is 1. The van der Waals surface area contributed by atoms with Crippen molar-refractivity contribution in [3.63, 3.8) is 0 Å². The highest BCUT2D eigenvalue weighted by atomic mass is 16.4. The van der Waals surface area contributed by atoms with Crippen molar-refractivity contribution in [1.82, 2.24) is 4.90 Å². The van der Waals surface area contributed by atoms with Crippen LogP contribution in [0.1, 0.15) is 22.3 Å². The maximum Gasteiger partial charge on any atom is 0.336 e. The Morgan fingerprint density at radius 2 is 1.36 bits per heavy atom. The van der Waals surface area contributed by atoms with E-state index in [1.807, 2.05) is 31.2 Å². The van der Waals surface area contributed by atoms with Crippen molar-refractivity contribution in [1.29, 1.82) is 0 Å². The number of hydrogen-bond donors (Lipinski definition) is 0. The number of rotatable bonds is 6. The van der Waals surface area contributed by atoms with E-state index in [-0.39, 0.29) is 5.63 Å². The summed E-state index contributed by atoms with van der Waals surface area (Å²) in [5.74, 6) is 0. The second kappa shape index (κ2) is 8.24. The second-order valence-electron chi connectivity index (χ2n) is 7.21. The summed E-state index contributed by atoms with van der Waals surface area (Å²) < 4.78 is 5.43. The minimum Gasteiger partial charge on any atom is -0.423 e. The maximum absolute atomic E-state index is 12.1. The SMILES string of the molecule is Cc1ccc2c(CN(Cc3ccccc3)Cc3ccccc3)cc(=O)oc2c1. The molecule has 0 bridgehead atoms. The smallest absolute Gasteiger partial charge is 0.336 e. The predicted octanol–water partition coefficient (Wildman–Crippen LogP) is 5.30. The summed E-state index contributed by atoms with van der Waals surface area (Å²) >= 11 is 0. The van der Waals surface area contributed by atoms with Gasteiger partial charge in [-0.25, -0.2) is 4.79 Å². The molecular formula is C25H23NO2. The lowest BCUT2D eigenvalue weighted by atomic mass is 10.1. The number of hydrogen-bond acceptors (Lipinski definition) is 3. The van der Waals surface area contributed by atoms with Gasteiger partial charge in [0.2, 0.25) is 0 Å². The molecule has 0 aliphatic carbocycles. The molecule has 1 aromatic heterocycles. The Morgan fingerprint density at radius 1 is 0.750 bits per heavy atom. The van der Waals surface area contributed by atoms with Crippen molar-refractivity contribution in [2.75, 3.05) is 0 Å². The third kappa shape index (κ3) is 4.38. The standard InChI is InChI=1S/C25H23NO2/c1-19-12-13-23-22(15-25(27)28-24(23)14-19)18-26(16-20-8-4-2-5-9-20)17-21-10-6-3-7-11-21/h2-15H,16-18H2,1H3. The van der Waals surface area contributed by atoms with E-state index in [9.17, 15) is 4.79 Å². The van der Waals surface area contributed by atoms with Crippen molar-refractivity contribution in [2.45, 2.75) is 26.6 Å². The zero-order valence-electron chi connectivity index (χ0n) is 16.0. The lowest BCUT2D eigenvalue weighted by molar-refractivity contribution is 0.248. The molecule has 0 unspecified atom stereocenters. The molecule has 0 N–H and O–H groups in total. The molecule has 0 aliphatic heterocycles. The van der Waals surface area contributed by atoms with E-state index < -0.39 is 0 Å². The van der Waals surface area contributed by atoms with Crippen LogP contribution in [0.15, 0.2) is 94.1 Å². The van der Waals surface area contributed by atoms with Crippen LogP contribution in [0, 0.1) is 6.92 Å². The zero-order valence-corrected chi connectivity index (χ0v) is 16.0. The van der Waals surface area contributed by atoms with E-state index in [0.29, 0.717) is 12.1 Å². The average molecular weight is 369 g/mol. The van der Waals surface area contributed by atoms with E-state index in [2.05, 4.69) is 59.5 Å². The van der Waals surface area contributed by atoms with Crippen LogP contribution >= 0.6 is 0 Å². The van der Waals surface area contributed by atoms with Crippen molar-refractivity contribution in [3.05, 3.63) is 118 Å². The number of benzene rings is 3. The minimum absolute atomic E-state index is 0.299. The largest absolute Gasteiger partial charge is 0.423 e. The van der Waals surface area contributed by atoms with Gasteiger partial charge < -0.3 is 4.42 Å². The van der Waals surface area contributed by atoms with Crippen molar-refractivity contribution in [3.8, 4) is 0 Å². The second-order valence-corrected chi connectivity index (χ2v) is 7.21. The van der Waals surface area contributed by atoms with Gasteiger partial charge in [-0.1, -0.05) is 72.8 Å². The van der Waals surface area contributed by atoms with Crippen molar-refractivity contribution in [2.24, 2.45) is 0 Å². The van der Waals surface area contributed by atoms with Gasteiger partial charge in [0.15, 0.2) is 0 Å². The van der Waals surface area contributed by atoms with E-state index in [0.717, 1.165) is 29.6 Å². The van der Waals surface area contributed by atoms with Gasteiger partial charge in [-0.3, -0.25) is 4.90 Å². The van der Waals surface area contributed by atoms with Gasteiger partial charge in [-0.05, 0) is 35.2 Å².